The van der Waals surface area contributed by atoms with Gasteiger partial charge in [-0.1, -0.05) is 0 Å². The number of carbonyl (C=O) groups excluding carboxylic acids is 1. The van der Waals surface area contributed by atoms with Crippen molar-refractivity contribution in [1.82, 2.24) is 9.97 Å². The number of ether oxygens (including phenoxy) is 1. The number of H-pyrrole nitrogens is 1. The van der Waals surface area contributed by atoms with Crippen LogP contribution in [0.5, 0.6) is 5.75 Å². The van der Waals surface area contributed by atoms with Crippen molar-refractivity contribution in [2.45, 2.75) is 32.1 Å². The van der Waals surface area contributed by atoms with Crippen molar-refractivity contribution in [3.8, 4) is 5.75 Å². The van der Waals surface area contributed by atoms with Crippen molar-refractivity contribution >= 4 is 5.78 Å². The molecular formula is C16H18N2O2. The number of Topliss-reactive ketones (excluding diaryl/α,β-unsaturated/α-hetero) is 1. The van der Waals surface area contributed by atoms with Gasteiger partial charge in [-0.3, -0.25) is 4.79 Å². The fraction of sp³-hybridized carbons (Fsp3) is 0.375. The second kappa shape index (κ2) is 5.49. The molecule has 1 heterocycles. The summed E-state index contributed by atoms with van der Waals surface area (Å²) < 4.78 is 5.09. The predicted octanol–water partition coefficient (Wildman–Crippen LogP) is 2.72. The first kappa shape index (κ1) is 12.9. The zero-order chi connectivity index (χ0) is 13.9. The van der Waals surface area contributed by atoms with Gasteiger partial charge in [0.1, 0.15) is 11.6 Å². The van der Waals surface area contributed by atoms with E-state index in [1.165, 1.54) is 18.5 Å². The van der Waals surface area contributed by atoms with E-state index < -0.39 is 0 Å². The van der Waals surface area contributed by atoms with E-state index >= 15 is 0 Å². The predicted molar refractivity (Wildman–Crippen MR) is 76.3 cm³/mol. The molecule has 1 N–H and O–H groups in total. The fourth-order valence-corrected chi connectivity index (χ4v) is 2.63. The van der Waals surface area contributed by atoms with Gasteiger partial charge in [-0.05, 0) is 49.9 Å². The van der Waals surface area contributed by atoms with E-state index in [0.29, 0.717) is 12.0 Å². The fourth-order valence-electron chi connectivity index (χ4n) is 2.63. The molecule has 4 heteroatoms. The van der Waals surface area contributed by atoms with E-state index in [1.54, 1.807) is 31.4 Å². The number of rotatable bonds is 4. The molecule has 20 heavy (non-hydrogen) atoms. The minimum Gasteiger partial charge on any atom is -0.497 e. The molecule has 0 saturated carbocycles. The number of aromatic nitrogens is 2. The van der Waals surface area contributed by atoms with Crippen LogP contribution in [0.1, 0.15) is 40.4 Å². The van der Waals surface area contributed by atoms with Gasteiger partial charge in [0.05, 0.1) is 19.2 Å². The Kier molecular flexibility index (Phi) is 3.54. The van der Waals surface area contributed by atoms with Gasteiger partial charge < -0.3 is 9.72 Å². The summed E-state index contributed by atoms with van der Waals surface area (Å²) in [6.07, 6.45) is 4.83. The Labute approximate surface area is 118 Å². The SMILES string of the molecule is COc1ccc(C(=O)Cc2nc3c([nH]2)CCCC3)cc1. The summed E-state index contributed by atoms with van der Waals surface area (Å²) in [6.45, 7) is 0. The second-order valence-electron chi connectivity index (χ2n) is 5.14. The van der Waals surface area contributed by atoms with Crippen LogP contribution in [-0.4, -0.2) is 22.9 Å². The molecule has 0 radical (unpaired) electrons. The number of benzene rings is 1. The molecule has 3 rings (SSSR count). The molecule has 2 aromatic rings. The minimum atomic E-state index is 0.0822. The number of ketones is 1. The third-order valence-electron chi connectivity index (χ3n) is 3.74. The first-order valence-electron chi connectivity index (χ1n) is 7.00. The molecule has 0 bridgehead atoms. The average molecular weight is 270 g/mol. The standard InChI is InChI=1S/C16H18N2O2/c1-20-12-8-6-11(7-9-12)15(19)10-16-17-13-4-2-3-5-14(13)18-16/h6-9H,2-5,10H2,1H3,(H,17,18). The van der Waals surface area contributed by atoms with Crippen LogP contribution in [0.15, 0.2) is 24.3 Å². The highest BCUT2D eigenvalue weighted by atomic mass is 16.5. The Bertz CT molecular complexity index is 590. The molecule has 0 atom stereocenters. The van der Waals surface area contributed by atoms with Crippen LogP contribution in [0, 0.1) is 0 Å². The maximum absolute atomic E-state index is 12.2. The molecule has 1 aromatic carbocycles. The summed E-state index contributed by atoms with van der Waals surface area (Å²) >= 11 is 0. The van der Waals surface area contributed by atoms with E-state index in [1.807, 2.05) is 0 Å². The van der Waals surface area contributed by atoms with Gasteiger partial charge in [0.25, 0.3) is 0 Å². The number of imidazole rings is 1. The summed E-state index contributed by atoms with van der Waals surface area (Å²) in [6, 6.07) is 7.20. The van der Waals surface area contributed by atoms with Crippen LogP contribution < -0.4 is 4.74 Å². The van der Waals surface area contributed by atoms with E-state index in [4.69, 9.17) is 4.74 Å². The molecule has 1 aliphatic carbocycles. The number of aryl methyl sites for hydroxylation is 2. The number of carbonyl (C=O) groups is 1. The van der Waals surface area contributed by atoms with Crippen molar-refractivity contribution in [2.24, 2.45) is 0 Å². The molecule has 1 aliphatic rings. The lowest BCUT2D eigenvalue weighted by molar-refractivity contribution is 0.0991. The number of nitrogens with zero attached hydrogens (tertiary/aromatic N) is 1. The lowest BCUT2D eigenvalue weighted by Gasteiger charge is -2.07. The van der Waals surface area contributed by atoms with Crippen molar-refractivity contribution < 1.29 is 9.53 Å². The van der Waals surface area contributed by atoms with Gasteiger partial charge >= 0.3 is 0 Å². The van der Waals surface area contributed by atoms with Gasteiger partial charge in [-0.15, -0.1) is 0 Å². The Balaban J connectivity index is 1.73. The Morgan fingerprint density at radius 2 is 2.00 bits per heavy atom. The van der Waals surface area contributed by atoms with Gasteiger partial charge in [0.2, 0.25) is 0 Å². The first-order valence-corrected chi connectivity index (χ1v) is 7.00. The van der Waals surface area contributed by atoms with Gasteiger partial charge in [0, 0.05) is 11.3 Å². The van der Waals surface area contributed by atoms with Crippen LogP contribution in [0.25, 0.3) is 0 Å². The highest BCUT2D eigenvalue weighted by Gasteiger charge is 2.16. The minimum absolute atomic E-state index is 0.0822. The van der Waals surface area contributed by atoms with Crippen molar-refractivity contribution in [2.75, 3.05) is 7.11 Å². The van der Waals surface area contributed by atoms with Crippen LogP contribution in [-0.2, 0) is 19.3 Å². The second-order valence-corrected chi connectivity index (χ2v) is 5.14. The Morgan fingerprint density at radius 3 is 2.70 bits per heavy atom. The number of nitrogens with one attached hydrogen (secondary N) is 1. The molecule has 0 spiro atoms. The van der Waals surface area contributed by atoms with E-state index in [-0.39, 0.29) is 5.78 Å². The highest BCUT2D eigenvalue weighted by molar-refractivity contribution is 5.97. The quantitative estimate of drug-likeness (QED) is 0.869. The zero-order valence-electron chi connectivity index (χ0n) is 11.6. The smallest absolute Gasteiger partial charge is 0.170 e. The topological polar surface area (TPSA) is 55.0 Å². The molecule has 0 fully saturated rings. The van der Waals surface area contributed by atoms with E-state index in [9.17, 15) is 4.79 Å². The molecular weight excluding hydrogens is 252 g/mol. The number of aromatic amines is 1. The highest BCUT2D eigenvalue weighted by Crippen LogP contribution is 2.19. The first-order chi connectivity index (χ1) is 9.76. The van der Waals surface area contributed by atoms with Crippen molar-refractivity contribution in [3.63, 3.8) is 0 Å². The summed E-state index contributed by atoms with van der Waals surface area (Å²) in [5.74, 6) is 1.63. The van der Waals surface area contributed by atoms with E-state index in [0.717, 1.165) is 30.1 Å². The number of hydrogen-bond donors (Lipinski definition) is 1. The third-order valence-corrected chi connectivity index (χ3v) is 3.74. The molecule has 0 aliphatic heterocycles. The number of hydrogen-bond acceptors (Lipinski definition) is 3. The third kappa shape index (κ3) is 2.59. The molecule has 1 aromatic heterocycles. The normalized spacial score (nSPS) is 13.8. The van der Waals surface area contributed by atoms with Crippen LogP contribution in [0.2, 0.25) is 0 Å². The summed E-state index contributed by atoms with van der Waals surface area (Å²) in [5, 5.41) is 0. The molecule has 104 valence electrons. The Hall–Kier alpha value is -2.10. The van der Waals surface area contributed by atoms with Crippen LogP contribution >= 0.6 is 0 Å². The zero-order valence-corrected chi connectivity index (χ0v) is 11.6. The van der Waals surface area contributed by atoms with Crippen molar-refractivity contribution in [1.29, 1.82) is 0 Å². The maximum atomic E-state index is 12.2. The lowest BCUT2D eigenvalue weighted by atomic mass is 10.0. The number of methoxy groups -OCH3 is 1. The molecule has 0 saturated heterocycles. The molecule has 0 amide bonds. The van der Waals surface area contributed by atoms with Gasteiger partial charge in [-0.25, -0.2) is 4.98 Å². The van der Waals surface area contributed by atoms with Gasteiger partial charge in [0.15, 0.2) is 5.78 Å². The number of fused-ring (bicyclic) bond motifs is 1. The van der Waals surface area contributed by atoms with Crippen molar-refractivity contribution in [3.05, 3.63) is 47.0 Å². The molecule has 0 unspecified atom stereocenters. The Morgan fingerprint density at radius 1 is 1.25 bits per heavy atom. The van der Waals surface area contributed by atoms with Crippen LogP contribution in [0.4, 0.5) is 0 Å². The average Bonchev–Trinajstić information content (AvgIpc) is 2.89. The lowest BCUT2D eigenvalue weighted by Crippen LogP contribution is -2.05. The van der Waals surface area contributed by atoms with E-state index in [2.05, 4.69) is 9.97 Å². The van der Waals surface area contributed by atoms with Gasteiger partial charge in [-0.2, -0.15) is 0 Å². The molecule has 4 nitrogen and oxygen atoms in total. The summed E-state index contributed by atoms with van der Waals surface area (Å²) in [7, 11) is 1.62. The maximum Gasteiger partial charge on any atom is 0.170 e. The summed E-state index contributed by atoms with van der Waals surface area (Å²) in [5.41, 5.74) is 3.06. The van der Waals surface area contributed by atoms with Crippen LogP contribution in [0.3, 0.4) is 0 Å². The summed E-state index contributed by atoms with van der Waals surface area (Å²) in [4.78, 5) is 20.1. The largest absolute Gasteiger partial charge is 0.497 e. The monoisotopic (exact) mass is 270 g/mol.